The number of Topliss-reactive ketones (excluding diaryl/α,β-unsaturated/α-hetero) is 1. The smallest absolute Gasteiger partial charge is 0.136 e. The molecule has 1 saturated carbocycles. The van der Waals surface area contributed by atoms with Crippen LogP contribution in [-0.2, 0) is 11.2 Å². The summed E-state index contributed by atoms with van der Waals surface area (Å²) >= 11 is 4.87. The minimum absolute atomic E-state index is 0.346. The molecule has 0 bridgehead atoms. The van der Waals surface area contributed by atoms with E-state index in [0.29, 0.717) is 18.1 Å². The Kier molecular flexibility index (Phi) is 5.06. The number of hydrogen-bond acceptors (Lipinski definition) is 2. The molecule has 0 heterocycles. The van der Waals surface area contributed by atoms with Gasteiger partial charge >= 0.3 is 0 Å². The zero-order chi connectivity index (χ0) is 12.8. The second kappa shape index (κ2) is 6.79. The van der Waals surface area contributed by atoms with E-state index in [2.05, 4.69) is 12.1 Å². The molecule has 1 nitrogen and oxygen atoms in total. The fourth-order valence-corrected chi connectivity index (χ4v) is 2.82. The number of ketones is 1. The normalized spacial score (nSPS) is 16.4. The second-order valence-corrected chi connectivity index (χ2v) is 5.40. The Bertz CT molecular complexity index is 402. The SMILES string of the molecule is O=C(CCc1ccc(C=S)cc1)C1CCCCC1. The lowest BCUT2D eigenvalue weighted by molar-refractivity contribution is -0.123. The highest BCUT2D eigenvalue weighted by molar-refractivity contribution is 7.79. The summed E-state index contributed by atoms with van der Waals surface area (Å²) in [5, 5.41) is 1.68. The van der Waals surface area contributed by atoms with Gasteiger partial charge in [-0.1, -0.05) is 55.7 Å². The number of benzene rings is 1. The van der Waals surface area contributed by atoms with Crippen molar-refractivity contribution in [1.82, 2.24) is 0 Å². The molecule has 1 aromatic carbocycles. The molecule has 1 fully saturated rings. The Morgan fingerprint density at radius 2 is 1.83 bits per heavy atom. The van der Waals surface area contributed by atoms with Gasteiger partial charge in [0.25, 0.3) is 0 Å². The first-order chi connectivity index (χ1) is 8.79. The second-order valence-electron chi connectivity index (χ2n) is 5.16. The van der Waals surface area contributed by atoms with E-state index in [1.54, 1.807) is 5.37 Å². The van der Waals surface area contributed by atoms with E-state index in [0.717, 1.165) is 24.8 Å². The van der Waals surface area contributed by atoms with Crippen LogP contribution in [0, 0.1) is 5.92 Å². The molecule has 18 heavy (non-hydrogen) atoms. The van der Waals surface area contributed by atoms with Crippen molar-refractivity contribution in [3.63, 3.8) is 0 Å². The molecule has 0 spiro atoms. The van der Waals surface area contributed by atoms with Gasteiger partial charge in [0.2, 0.25) is 0 Å². The highest BCUT2D eigenvalue weighted by atomic mass is 32.1. The molecule has 0 saturated heterocycles. The number of carbonyl (C=O) groups is 1. The lowest BCUT2D eigenvalue weighted by Gasteiger charge is -2.20. The molecule has 0 aromatic heterocycles. The molecular weight excluding hydrogens is 240 g/mol. The molecule has 0 aliphatic heterocycles. The third-order valence-corrected chi connectivity index (χ3v) is 4.11. The first kappa shape index (κ1) is 13.4. The monoisotopic (exact) mass is 260 g/mol. The first-order valence-corrected chi connectivity index (χ1v) is 7.33. The van der Waals surface area contributed by atoms with Gasteiger partial charge in [-0.25, -0.2) is 0 Å². The summed E-state index contributed by atoms with van der Waals surface area (Å²) in [5.41, 5.74) is 2.30. The third kappa shape index (κ3) is 3.74. The summed E-state index contributed by atoms with van der Waals surface area (Å²) in [6.07, 6.45) is 7.57. The van der Waals surface area contributed by atoms with Crippen molar-refractivity contribution in [3.05, 3.63) is 35.4 Å². The summed E-state index contributed by atoms with van der Waals surface area (Å²) in [6.45, 7) is 0. The van der Waals surface area contributed by atoms with E-state index in [9.17, 15) is 4.79 Å². The molecular formula is C16H20OS. The van der Waals surface area contributed by atoms with Crippen molar-refractivity contribution >= 4 is 23.4 Å². The van der Waals surface area contributed by atoms with Crippen LogP contribution in [0.15, 0.2) is 24.3 Å². The van der Waals surface area contributed by atoms with Gasteiger partial charge in [0.05, 0.1) is 0 Å². The van der Waals surface area contributed by atoms with Crippen LogP contribution in [0.2, 0.25) is 0 Å². The topological polar surface area (TPSA) is 17.1 Å². The third-order valence-electron chi connectivity index (χ3n) is 3.84. The van der Waals surface area contributed by atoms with Crippen molar-refractivity contribution in [2.45, 2.75) is 44.9 Å². The molecule has 1 aliphatic rings. The van der Waals surface area contributed by atoms with Crippen LogP contribution in [-0.4, -0.2) is 11.2 Å². The van der Waals surface area contributed by atoms with Crippen LogP contribution >= 0.6 is 12.2 Å². The largest absolute Gasteiger partial charge is 0.299 e. The van der Waals surface area contributed by atoms with Crippen LogP contribution in [0.25, 0.3) is 0 Å². The van der Waals surface area contributed by atoms with Gasteiger partial charge in [0.1, 0.15) is 5.78 Å². The fourth-order valence-electron chi connectivity index (χ4n) is 2.66. The Morgan fingerprint density at radius 3 is 2.44 bits per heavy atom. The molecule has 96 valence electrons. The standard InChI is InChI=1S/C16H20OS/c17-16(15-4-2-1-3-5-15)11-10-13-6-8-14(12-18)9-7-13/h6-9,12,15H,1-5,10-11H2. The molecule has 0 atom stereocenters. The lowest BCUT2D eigenvalue weighted by atomic mass is 9.84. The number of rotatable bonds is 5. The minimum atomic E-state index is 0.346. The van der Waals surface area contributed by atoms with E-state index < -0.39 is 0 Å². The van der Waals surface area contributed by atoms with E-state index >= 15 is 0 Å². The number of aryl methyl sites for hydroxylation is 1. The maximum absolute atomic E-state index is 12.1. The van der Waals surface area contributed by atoms with Gasteiger partial charge in [-0.05, 0) is 30.4 Å². The molecule has 0 unspecified atom stereocenters. The van der Waals surface area contributed by atoms with E-state index in [1.807, 2.05) is 12.1 Å². The van der Waals surface area contributed by atoms with Crippen molar-refractivity contribution in [2.75, 3.05) is 0 Å². The van der Waals surface area contributed by atoms with Crippen molar-refractivity contribution in [3.8, 4) is 0 Å². The molecule has 1 aliphatic carbocycles. The fraction of sp³-hybridized carbons (Fsp3) is 0.500. The van der Waals surface area contributed by atoms with Crippen LogP contribution < -0.4 is 0 Å². The minimum Gasteiger partial charge on any atom is -0.299 e. The van der Waals surface area contributed by atoms with Crippen LogP contribution in [0.4, 0.5) is 0 Å². The van der Waals surface area contributed by atoms with E-state index in [1.165, 1.54) is 24.8 Å². The molecule has 1 aromatic rings. The molecule has 2 rings (SSSR count). The maximum atomic E-state index is 12.1. The highest BCUT2D eigenvalue weighted by Crippen LogP contribution is 2.25. The van der Waals surface area contributed by atoms with Crippen molar-refractivity contribution < 1.29 is 4.79 Å². The summed E-state index contributed by atoms with van der Waals surface area (Å²) in [4.78, 5) is 12.1. The Hall–Kier alpha value is -1.02. The molecule has 0 amide bonds. The maximum Gasteiger partial charge on any atom is 0.136 e. The number of thiocarbonyl (C=S) groups is 1. The van der Waals surface area contributed by atoms with Crippen molar-refractivity contribution in [1.29, 1.82) is 0 Å². The summed E-state index contributed by atoms with van der Waals surface area (Å²) in [7, 11) is 0. The van der Waals surface area contributed by atoms with Gasteiger partial charge in [0.15, 0.2) is 0 Å². The zero-order valence-corrected chi connectivity index (χ0v) is 11.5. The Morgan fingerprint density at radius 1 is 1.17 bits per heavy atom. The summed E-state index contributed by atoms with van der Waals surface area (Å²) < 4.78 is 0. The first-order valence-electron chi connectivity index (χ1n) is 6.86. The predicted molar refractivity (Wildman–Crippen MR) is 79.1 cm³/mol. The highest BCUT2D eigenvalue weighted by Gasteiger charge is 2.20. The quantitative estimate of drug-likeness (QED) is 0.741. The molecule has 0 N–H and O–H groups in total. The van der Waals surface area contributed by atoms with Crippen molar-refractivity contribution in [2.24, 2.45) is 5.92 Å². The van der Waals surface area contributed by atoms with Crippen LogP contribution in [0.5, 0.6) is 0 Å². The van der Waals surface area contributed by atoms with Gasteiger partial charge in [0, 0.05) is 17.7 Å². The molecule has 0 radical (unpaired) electrons. The predicted octanol–water partition coefficient (Wildman–Crippen LogP) is 4.12. The van der Waals surface area contributed by atoms with Gasteiger partial charge in [-0.3, -0.25) is 4.79 Å². The summed E-state index contributed by atoms with van der Waals surface area (Å²) in [6, 6.07) is 8.19. The molecule has 2 heteroatoms. The lowest BCUT2D eigenvalue weighted by Crippen LogP contribution is -2.18. The van der Waals surface area contributed by atoms with Gasteiger partial charge in [-0.2, -0.15) is 0 Å². The van der Waals surface area contributed by atoms with Gasteiger partial charge < -0.3 is 0 Å². The summed E-state index contributed by atoms with van der Waals surface area (Å²) in [5.74, 6) is 0.813. The van der Waals surface area contributed by atoms with Gasteiger partial charge in [-0.15, -0.1) is 0 Å². The Balaban J connectivity index is 1.82. The van der Waals surface area contributed by atoms with Crippen LogP contribution in [0.1, 0.15) is 49.7 Å². The average Bonchev–Trinajstić information content (AvgIpc) is 2.46. The zero-order valence-electron chi connectivity index (χ0n) is 10.7. The number of carbonyl (C=O) groups excluding carboxylic acids is 1. The number of hydrogen-bond donors (Lipinski definition) is 0. The van der Waals surface area contributed by atoms with Crippen LogP contribution in [0.3, 0.4) is 0 Å². The van der Waals surface area contributed by atoms with E-state index in [4.69, 9.17) is 12.2 Å². The van der Waals surface area contributed by atoms with E-state index in [-0.39, 0.29) is 0 Å². The average molecular weight is 260 g/mol. The Labute approximate surface area is 115 Å².